The Balaban J connectivity index is 2.92. The first kappa shape index (κ1) is 14.2. The average molecular weight is 309 g/mol. The molecule has 1 unspecified atom stereocenters. The minimum Gasteiger partial charge on any atom is -0.298 e. The van der Waals surface area contributed by atoms with E-state index in [0.717, 1.165) is 6.07 Å². The number of carbonyl (C=O) groups is 1. The summed E-state index contributed by atoms with van der Waals surface area (Å²) in [5, 5.41) is 0. The Labute approximate surface area is 106 Å². The van der Waals surface area contributed by atoms with E-state index >= 15 is 0 Å². The molecule has 0 aliphatic carbocycles. The van der Waals surface area contributed by atoms with Crippen LogP contribution in [0.5, 0.6) is 0 Å². The zero-order valence-corrected chi connectivity index (χ0v) is 11.0. The van der Waals surface area contributed by atoms with Crippen molar-refractivity contribution < 1.29 is 18.0 Å². The van der Waals surface area contributed by atoms with Gasteiger partial charge in [-0.15, -0.1) is 0 Å². The second kappa shape index (κ2) is 5.67. The number of alkyl halides is 1. The van der Waals surface area contributed by atoms with Gasteiger partial charge in [-0.25, -0.2) is 13.2 Å². The maximum Gasteiger partial charge on any atom is 0.162 e. The maximum absolute atomic E-state index is 13.3. The third kappa shape index (κ3) is 3.56. The molecule has 0 aliphatic heterocycles. The molecule has 1 atom stereocenters. The molecule has 0 aliphatic rings. The zero-order valence-electron chi connectivity index (χ0n) is 9.44. The van der Waals surface area contributed by atoms with Crippen LogP contribution in [0.2, 0.25) is 0 Å². The highest BCUT2D eigenvalue weighted by Crippen LogP contribution is 2.20. The SMILES string of the molecule is CC(C)C(=O)C(Br)Cc1cc(F)cc(F)c1F. The third-order valence-corrected chi connectivity index (χ3v) is 3.12. The summed E-state index contributed by atoms with van der Waals surface area (Å²) in [6.45, 7) is 3.41. The van der Waals surface area contributed by atoms with Crippen molar-refractivity contribution in [1.29, 1.82) is 0 Å². The van der Waals surface area contributed by atoms with E-state index in [1.165, 1.54) is 0 Å². The van der Waals surface area contributed by atoms with Crippen molar-refractivity contribution in [2.75, 3.05) is 0 Å². The topological polar surface area (TPSA) is 17.1 Å². The van der Waals surface area contributed by atoms with E-state index in [-0.39, 0.29) is 23.7 Å². The molecule has 0 amide bonds. The minimum atomic E-state index is -1.24. The van der Waals surface area contributed by atoms with Crippen LogP contribution in [-0.4, -0.2) is 10.6 Å². The van der Waals surface area contributed by atoms with Gasteiger partial charge in [0, 0.05) is 12.0 Å². The molecule has 0 aromatic heterocycles. The zero-order chi connectivity index (χ0) is 13.2. The standard InChI is InChI=1S/C12H12BrF3O/c1-6(2)12(17)9(13)4-7-3-8(14)5-10(15)11(7)16/h3,5-6,9H,4H2,1-2H3. The van der Waals surface area contributed by atoms with Crippen molar-refractivity contribution in [1.82, 2.24) is 0 Å². The summed E-state index contributed by atoms with van der Waals surface area (Å²) in [5.41, 5.74) is -0.140. The van der Waals surface area contributed by atoms with Crippen LogP contribution in [0.25, 0.3) is 0 Å². The lowest BCUT2D eigenvalue weighted by atomic mass is 10.0. The first-order valence-corrected chi connectivity index (χ1v) is 6.05. The fourth-order valence-electron chi connectivity index (χ4n) is 1.41. The van der Waals surface area contributed by atoms with Crippen LogP contribution in [0.1, 0.15) is 19.4 Å². The van der Waals surface area contributed by atoms with Crippen molar-refractivity contribution in [2.45, 2.75) is 25.1 Å². The van der Waals surface area contributed by atoms with Crippen LogP contribution in [0.4, 0.5) is 13.2 Å². The molecular weight excluding hydrogens is 297 g/mol. The predicted octanol–water partition coefficient (Wildman–Crippen LogP) is 3.64. The molecule has 1 nitrogen and oxygen atoms in total. The molecule has 0 saturated carbocycles. The van der Waals surface area contributed by atoms with Crippen molar-refractivity contribution in [3.63, 3.8) is 0 Å². The Morgan fingerprint density at radius 2 is 1.88 bits per heavy atom. The molecule has 0 heterocycles. The van der Waals surface area contributed by atoms with Crippen LogP contribution < -0.4 is 0 Å². The molecule has 0 saturated heterocycles. The van der Waals surface area contributed by atoms with Gasteiger partial charge in [0.1, 0.15) is 11.6 Å². The number of carbonyl (C=O) groups excluding carboxylic acids is 1. The Bertz CT molecular complexity index is 432. The molecule has 0 bridgehead atoms. The van der Waals surface area contributed by atoms with Gasteiger partial charge < -0.3 is 0 Å². The summed E-state index contributed by atoms with van der Waals surface area (Å²) < 4.78 is 39.2. The number of rotatable bonds is 4. The van der Waals surface area contributed by atoms with Crippen LogP contribution in [-0.2, 0) is 11.2 Å². The van der Waals surface area contributed by atoms with E-state index in [4.69, 9.17) is 0 Å². The van der Waals surface area contributed by atoms with Crippen molar-refractivity contribution in [3.8, 4) is 0 Å². The summed E-state index contributed by atoms with van der Waals surface area (Å²) in [7, 11) is 0. The maximum atomic E-state index is 13.3. The first-order chi connectivity index (χ1) is 7.82. The van der Waals surface area contributed by atoms with E-state index in [1.807, 2.05) is 0 Å². The molecule has 1 aromatic rings. The molecule has 0 radical (unpaired) electrons. The molecule has 5 heteroatoms. The minimum absolute atomic E-state index is 0.0719. The summed E-state index contributed by atoms with van der Waals surface area (Å²) in [5.74, 6) is -3.55. The highest BCUT2D eigenvalue weighted by atomic mass is 79.9. The van der Waals surface area contributed by atoms with E-state index in [0.29, 0.717) is 6.07 Å². The predicted molar refractivity (Wildman–Crippen MR) is 62.6 cm³/mol. The van der Waals surface area contributed by atoms with Crippen molar-refractivity contribution in [2.24, 2.45) is 5.92 Å². The highest BCUT2D eigenvalue weighted by molar-refractivity contribution is 9.10. The van der Waals surface area contributed by atoms with Crippen LogP contribution in [0.3, 0.4) is 0 Å². The van der Waals surface area contributed by atoms with E-state index in [1.54, 1.807) is 13.8 Å². The van der Waals surface area contributed by atoms with E-state index < -0.39 is 22.3 Å². The number of hydrogen-bond acceptors (Lipinski definition) is 1. The molecule has 0 fully saturated rings. The van der Waals surface area contributed by atoms with Gasteiger partial charge in [0.2, 0.25) is 0 Å². The normalized spacial score (nSPS) is 12.9. The lowest BCUT2D eigenvalue weighted by Gasteiger charge is -2.12. The highest BCUT2D eigenvalue weighted by Gasteiger charge is 2.21. The number of benzene rings is 1. The van der Waals surface area contributed by atoms with Crippen LogP contribution in [0.15, 0.2) is 12.1 Å². The second-order valence-corrected chi connectivity index (χ2v) is 5.19. The lowest BCUT2D eigenvalue weighted by Crippen LogP contribution is -2.22. The summed E-state index contributed by atoms with van der Waals surface area (Å²) >= 11 is 3.10. The molecule has 17 heavy (non-hydrogen) atoms. The molecule has 1 rings (SSSR count). The Kier molecular flexibility index (Phi) is 4.74. The van der Waals surface area contributed by atoms with Crippen LogP contribution in [0, 0.1) is 23.4 Å². The Morgan fingerprint density at radius 3 is 2.41 bits per heavy atom. The van der Waals surface area contributed by atoms with Crippen molar-refractivity contribution in [3.05, 3.63) is 35.1 Å². The lowest BCUT2D eigenvalue weighted by molar-refractivity contribution is -0.121. The average Bonchev–Trinajstić information content (AvgIpc) is 2.23. The monoisotopic (exact) mass is 308 g/mol. The first-order valence-electron chi connectivity index (χ1n) is 5.14. The summed E-state index contributed by atoms with van der Waals surface area (Å²) in [6.07, 6.45) is -0.0719. The third-order valence-electron chi connectivity index (χ3n) is 2.35. The number of Topliss-reactive ketones (excluding diaryl/α,β-unsaturated/α-hetero) is 1. The quantitative estimate of drug-likeness (QED) is 0.613. The van der Waals surface area contributed by atoms with Gasteiger partial charge in [0.05, 0.1) is 4.83 Å². The fourth-order valence-corrected chi connectivity index (χ4v) is 2.29. The van der Waals surface area contributed by atoms with Gasteiger partial charge in [-0.05, 0) is 18.1 Å². The van der Waals surface area contributed by atoms with Gasteiger partial charge >= 0.3 is 0 Å². The molecule has 0 spiro atoms. The number of ketones is 1. The molecule has 94 valence electrons. The van der Waals surface area contributed by atoms with Gasteiger partial charge in [0.25, 0.3) is 0 Å². The number of hydrogen-bond donors (Lipinski definition) is 0. The molecule has 1 aromatic carbocycles. The molecular formula is C12H12BrF3O. The van der Waals surface area contributed by atoms with Gasteiger partial charge in [-0.3, -0.25) is 4.79 Å². The van der Waals surface area contributed by atoms with Gasteiger partial charge in [0.15, 0.2) is 11.6 Å². The van der Waals surface area contributed by atoms with Gasteiger partial charge in [-0.1, -0.05) is 29.8 Å². The Morgan fingerprint density at radius 1 is 1.29 bits per heavy atom. The largest absolute Gasteiger partial charge is 0.298 e. The summed E-state index contributed by atoms with van der Waals surface area (Å²) in [4.78, 5) is 10.9. The van der Waals surface area contributed by atoms with Crippen molar-refractivity contribution >= 4 is 21.7 Å². The Hall–Kier alpha value is -0.840. The van der Waals surface area contributed by atoms with Crippen LogP contribution >= 0.6 is 15.9 Å². The second-order valence-electron chi connectivity index (χ2n) is 4.09. The fraction of sp³-hybridized carbons (Fsp3) is 0.417. The molecule has 0 N–H and O–H groups in total. The van der Waals surface area contributed by atoms with E-state index in [9.17, 15) is 18.0 Å². The number of halogens is 4. The van der Waals surface area contributed by atoms with E-state index in [2.05, 4.69) is 15.9 Å². The smallest absolute Gasteiger partial charge is 0.162 e. The summed E-state index contributed by atoms with van der Waals surface area (Å²) in [6, 6.07) is 1.38. The van der Waals surface area contributed by atoms with Gasteiger partial charge in [-0.2, -0.15) is 0 Å².